The summed E-state index contributed by atoms with van der Waals surface area (Å²) in [6.45, 7) is 3.32. The van der Waals surface area contributed by atoms with Gasteiger partial charge in [0.05, 0.1) is 18.1 Å². The van der Waals surface area contributed by atoms with Crippen molar-refractivity contribution in [3.63, 3.8) is 0 Å². The largest absolute Gasteiger partial charge is 0.497 e. The molecule has 1 heterocycles. The number of ether oxygens (including phenoxy) is 1. The Morgan fingerprint density at radius 1 is 1.30 bits per heavy atom. The lowest BCUT2D eigenvalue weighted by molar-refractivity contribution is 0.186. The summed E-state index contributed by atoms with van der Waals surface area (Å²) in [5.41, 5.74) is 8.49. The van der Waals surface area contributed by atoms with Crippen LogP contribution in [0.3, 0.4) is 0 Å². The lowest BCUT2D eigenvalue weighted by atomic mass is 9.75. The van der Waals surface area contributed by atoms with Crippen LogP contribution in [-0.4, -0.2) is 16.7 Å². The van der Waals surface area contributed by atoms with Crippen LogP contribution in [0.2, 0.25) is 0 Å². The van der Waals surface area contributed by atoms with Gasteiger partial charge in [0.2, 0.25) is 5.95 Å². The van der Waals surface area contributed by atoms with E-state index in [0.29, 0.717) is 11.4 Å². The molecule has 0 spiro atoms. The second-order valence-corrected chi connectivity index (χ2v) is 6.28. The van der Waals surface area contributed by atoms with Crippen LogP contribution in [0.15, 0.2) is 18.2 Å². The summed E-state index contributed by atoms with van der Waals surface area (Å²) in [4.78, 5) is 4.47. The number of aromatic nitrogens is 2. The number of rotatable bonds is 3. The standard InChI is InChI=1S/C16H23N3O/c1-16(8-4-3-5-9-16)11-19-14-10-12(20-2)6-7-13(14)18-15(19)17/h6-7,10H,3-5,8-9,11H2,1-2H3,(H2,17,18). The van der Waals surface area contributed by atoms with Crippen LogP contribution in [-0.2, 0) is 6.54 Å². The van der Waals surface area contributed by atoms with Gasteiger partial charge in [0.25, 0.3) is 0 Å². The Labute approximate surface area is 119 Å². The molecule has 0 bridgehead atoms. The molecule has 4 nitrogen and oxygen atoms in total. The predicted molar refractivity (Wildman–Crippen MR) is 81.9 cm³/mol. The van der Waals surface area contributed by atoms with Gasteiger partial charge in [0.15, 0.2) is 0 Å². The van der Waals surface area contributed by atoms with Gasteiger partial charge in [-0.3, -0.25) is 0 Å². The fraction of sp³-hybridized carbons (Fsp3) is 0.562. The maximum atomic E-state index is 6.13. The first kappa shape index (κ1) is 13.3. The number of anilines is 1. The summed E-state index contributed by atoms with van der Waals surface area (Å²) >= 11 is 0. The summed E-state index contributed by atoms with van der Waals surface area (Å²) in [7, 11) is 1.69. The summed E-state index contributed by atoms with van der Waals surface area (Å²) < 4.78 is 7.48. The fourth-order valence-corrected chi connectivity index (χ4v) is 3.36. The summed E-state index contributed by atoms with van der Waals surface area (Å²) in [5.74, 6) is 1.47. The zero-order chi connectivity index (χ0) is 14.2. The zero-order valence-corrected chi connectivity index (χ0v) is 12.4. The predicted octanol–water partition coefficient (Wildman–Crippen LogP) is 3.60. The molecule has 0 unspecified atom stereocenters. The Bertz CT molecular complexity index is 611. The molecule has 1 aromatic carbocycles. The monoisotopic (exact) mass is 273 g/mol. The highest BCUT2D eigenvalue weighted by molar-refractivity contribution is 5.79. The lowest BCUT2D eigenvalue weighted by Crippen LogP contribution is -2.26. The van der Waals surface area contributed by atoms with E-state index in [0.717, 1.165) is 23.3 Å². The second kappa shape index (κ2) is 5.00. The van der Waals surface area contributed by atoms with E-state index in [2.05, 4.69) is 16.5 Å². The Morgan fingerprint density at radius 3 is 2.75 bits per heavy atom. The number of methoxy groups -OCH3 is 1. The summed E-state index contributed by atoms with van der Waals surface area (Å²) in [5, 5.41) is 0. The molecule has 0 atom stereocenters. The van der Waals surface area contributed by atoms with Gasteiger partial charge in [-0.1, -0.05) is 26.2 Å². The molecular weight excluding hydrogens is 250 g/mol. The first-order chi connectivity index (χ1) is 9.61. The van der Waals surface area contributed by atoms with Crippen molar-refractivity contribution >= 4 is 17.0 Å². The maximum absolute atomic E-state index is 6.13. The van der Waals surface area contributed by atoms with Crippen molar-refractivity contribution < 1.29 is 4.74 Å². The molecule has 0 saturated heterocycles. The van der Waals surface area contributed by atoms with E-state index in [-0.39, 0.29) is 0 Å². The van der Waals surface area contributed by atoms with E-state index < -0.39 is 0 Å². The molecule has 0 aliphatic heterocycles. The molecular formula is C16H23N3O. The molecule has 0 amide bonds. The number of nitrogens with two attached hydrogens (primary N) is 1. The highest BCUT2D eigenvalue weighted by atomic mass is 16.5. The number of nitrogens with zero attached hydrogens (tertiary/aromatic N) is 2. The molecule has 1 saturated carbocycles. The highest BCUT2D eigenvalue weighted by Gasteiger charge is 2.28. The van der Waals surface area contributed by atoms with Gasteiger partial charge in [0.1, 0.15) is 5.75 Å². The van der Waals surface area contributed by atoms with Gasteiger partial charge in [-0.2, -0.15) is 0 Å². The summed E-state index contributed by atoms with van der Waals surface area (Å²) in [6, 6.07) is 5.94. The third-order valence-corrected chi connectivity index (χ3v) is 4.59. The average molecular weight is 273 g/mol. The SMILES string of the molecule is COc1ccc2nc(N)n(CC3(C)CCCCC3)c2c1. The minimum absolute atomic E-state index is 0.336. The number of hydrogen-bond donors (Lipinski definition) is 1. The molecule has 2 N–H and O–H groups in total. The van der Waals surface area contributed by atoms with Gasteiger partial charge in [0, 0.05) is 12.6 Å². The van der Waals surface area contributed by atoms with Crippen molar-refractivity contribution in [1.82, 2.24) is 9.55 Å². The van der Waals surface area contributed by atoms with Gasteiger partial charge in [-0.15, -0.1) is 0 Å². The van der Waals surface area contributed by atoms with Crippen LogP contribution >= 0.6 is 0 Å². The highest BCUT2D eigenvalue weighted by Crippen LogP contribution is 2.38. The van der Waals surface area contributed by atoms with Crippen LogP contribution in [0.1, 0.15) is 39.0 Å². The van der Waals surface area contributed by atoms with Gasteiger partial charge < -0.3 is 15.0 Å². The number of benzene rings is 1. The van der Waals surface area contributed by atoms with Crippen LogP contribution in [0.4, 0.5) is 5.95 Å². The minimum Gasteiger partial charge on any atom is -0.497 e. The first-order valence-corrected chi connectivity index (χ1v) is 7.41. The molecule has 2 aromatic rings. The maximum Gasteiger partial charge on any atom is 0.201 e. The number of nitrogen functional groups attached to an aromatic ring is 1. The first-order valence-electron chi connectivity index (χ1n) is 7.41. The van der Waals surface area contributed by atoms with Crippen LogP contribution in [0.5, 0.6) is 5.75 Å². The zero-order valence-electron chi connectivity index (χ0n) is 12.4. The lowest BCUT2D eigenvalue weighted by Gasteiger charge is -2.34. The number of imidazole rings is 1. The van der Waals surface area contributed by atoms with E-state index in [1.54, 1.807) is 7.11 Å². The van der Waals surface area contributed by atoms with Crippen molar-refractivity contribution in [3.05, 3.63) is 18.2 Å². The average Bonchev–Trinajstić information content (AvgIpc) is 2.75. The van der Waals surface area contributed by atoms with Gasteiger partial charge in [-0.25, -0.2) is 4.98 Å². The quantitative estimate of drug-likeness (QED) is 0.929. The molecule has 1 aromatic heterocycles. The number of fused-ring (bicyclic) bond motifs is 1. The summed E-state index contributed by atoms with van der Waals surface area (Å²) in [6.07, 6.45) is 6.56. The van der Waals surface area contributed by atoms with Crippen molar-refractivity contribution in [2.24, 2.45) is 5.41 Å². The van der Waals surface area contributed by atoms with E-state index >= 15 is 0 Å². The molecule has 3 rings (SSSR count). The van der Waals surface area contributed by atoms with E-state index in [4.69, 9.17) is 10.5 Å². The third-order valence-electron chi connectivity index (χ3n) is 4.59. The normalized spacial score (nSPS) is 18.3. The smallest absolute Gasteiger partial charge is 0.201 e. The molecule has 4 heteroatoms. The van der Waals surface area contributed by atoms with E-state index in [1.807, 2.05) is 18.2 Å². The molecule has 1 fully saturated rings. The molecule has 1 aliphatic rings. The Kier molecular flexibility index (Phi) is 3.32. The van der Waals surface area contributed by atoms with Crippen LogP contribution in [0.25, 0.3) is 11.0 Å². The molecule has 0 radical (unpaired) electrons. The molecule has 1 aliphatic carbocycles. The van der Waals surface area contributed by atoms with Crippen molar-refractivity contribution in [2.45, 2.75) is 45.6 Å². The fourth-order valence-electron chi connectivity index (χ4n) is 3.36. The van der Waals surface area contributed by atoms with Crippen LogP contribution in [0, 0.1) is 5.41 Å². The van der Waals surface area contributed by atoms with Crippen molar-refractivity contribution in [1.29, 1.82) is 0 Å². The molecule has 108 valence electrons. The second-order valence-electron chi connectivity index (χ2n) is 6.28. The van der Waals surface area contributed by atoms with Crippen molar-refractivity contribution in [2.75, 3.05) is 12.8 Å². The van der Waals surface area contributed by atoms with E-state index in [1.165, 1.54) is 32.1 Å². The van der Waals surface area contributed by atoms with Gasteiger partial charge in [-0.05, 0) is 30.4 Å². The third kappa shape index (κ3) is 2.35. The topological polar surface area (TPSA) is 53.1 Å². The van der Waals surface area contributed by atoms with Crippen LogP contribution < -0.4 is 10.5 Å². The molecule has 20 heavy (non-hydrogen) atoms. The minimum atomic E-state index is 0.336. The van der Waals surface area contributed by atoms with Crippen molar-refractivity contribution in [3.8, 4) is 5.75 Å². The Hall–Kier alpha value is -1.71. The number of hydrogen-bond acceptors (Lipinski definition) is 3. The Balaban J connectivity index is 1.99. The van der Waals surface area contributed by atoms with E-state index in [9.17, 15) is 0 Å². The van der Waals surface area contributed by atoms with Gasteiger partial charge >= 0.3 is 0 Å². The Morgan fingerprint density at radius 2 is 2.05 bits per heavy atom.